The zero-order valence-electron chi connectivity index (χ0n) is 13.7. The van der Waals surface area contributed by atoms with Gasteiger partial charge >= 0.3 is 0 Å². The van der Waals surface area contributed by atoms with Gasteiger partial charge in [-0.05, 0) is 41.7 Å². The molecule has 0 fully saturated rings. The molecule has 0 aromatic heterocycles. The van der Waals surface area contributed by atoms with Crippen molar-refractivity contribution in [3.05, 3.63) is 53.6 Å². The van der Waals surface area contributed by atoms with Gasteiger partial charge in [-0.3, -0.25) is 0 Å². The first-order chi connectivity index (χ1) is 10.9. The molecule has 124 valence electrons. The third-order valence-electron chi connectivity index (χ3n) is 3.30. The largest absolute Gasteiger partial charge is 0.497 e. The molecule has 0 saturated carbocycles. The Morgan fingerprint density at radius 2 is 1.61 bits per heavy atom. The van der Waals surface area contributed by atoms with Crippen molar-refractivity contribution in [3.8, 4) is 11.5 Å². The fourth-order valence-corrected chi connectivity index (χ4v) is 2.99. The van der Waals surface area contributed by atoms with E-state index in [2.05, 4.69) is 9.93 Å². The van der Waals surface area contributed by atoms with E-state index in [1.807, 2.05) is 43.3 Å². The molecule has 0 aliphatic carbocycles. The molecule has 0 spiro atoms. The molecule has 0 aliphatic heterocycles. The number of ether oxygens (including phenoxy) is 2. The molecule has 5 nitrogen and oxygen atoms in total. The fraction of sp³-hybridized carbons (Fsp3) is 0.235. The van der Waals surface area contributed by atoms with E-state index in [0.717, 1.165) is 16.0 Å². The number of nitrogens with one attached hydrogen (secondary N) is 1. The van der Waals surface area contributed by atoms with Crippen molar-refractivity contribution in [3.63, 3.8) is 0 Å². The second-order valence-corrected chi connectivity index (χ2v) is 7.59. The summed E-state index contributed by atoms with van der Waals surface area (Å²) in [5.41, 5.74) is 1.96. The van der Waals surface area contributed by atoms with Crippen LogP contribution < -0.4 is 14.3 Å². The van der Waals surface area contributed by atoms with Gasteiger partial charge in [0.2, 0.25) is 0 Å². The van der Waals surface area contributed by atoms with Crippen LogP contribution in [-0.2, 0) is 0 Å². The molecule has 0 heterocycles. The highest BCUT2D eigenvalue weighted by molar-refractivity contribution is 8.26. The Hall–Kier alpha value is -2.18. The number of aryl methyl sites for hydroxylation is 1. The van der Waals surface area contributed by atoms with Crippen molar-refractivity contribution in [2.24, 2.45) is 5.10 Å². The molecule has 23 heavy (non-hydrogen) atoms. The number of nitrogens with zero attached hydrogens (tertiary/aromatic N) is 1. The van der Waals surface area contributed by atoms with E-state index < -0.39 is 10.5 Å². The number of hydrogen-bond donors (Lipinski definition) is 2. The van der Waals surface area contributed by atoms with Crippen LogP contribution in [0.2, 0.25) is 0 Å². The summed E-state index contributed by atoms with van der Waals surface area (Å²) >= 11 is 0. The van der Waals surface area contributed by atoms with Crippen molar-refractivity contribution in [1.29, 1.82) is 0 Å². The monoisotopic (exact) mass is 334 g/mol. The van der Waals surface area contributed by atoms with E-state index in [0.29, 0.717) is 11.5 Å². The minimum absolute atomic E-state index is 0.684. The average molecular weight is 334 g/mol. The van der Waals surface area contributed by atoms with E-state index in [1.54, 1.807) is 32.8 Å². The van der Waals surface area contributed by atoms with Gasteiger partial charge in [-0.1, -0.05) is 17.7 Å². The van der Waals surface area contributed by atoms with Crippen LogP contribution in [0.1, 0.15) is 11.1 Å². The minimum Gasteiger partial charge on any atom is -0.497 e. The third-order valence-corrected chi connectivity index (χ3v) is 4.95. The Kier molecular flexibility index (Phi) is 5.52. The topological polar surface area (TPSA) is 63.1 Å². The average Bonchev–Trinajstić information content (AvgIpc) is 2.54. The molecule has 1 atom stereocenters. The van der Waals surface area contributed by atoms with Crippen LogP contribution in [0.5, 0.6) is 11.5 Å². The summed E-state index contributed by atoms with van der Waals surface area (Å²) in [6.07, 6.45) is 3.36. The van der Waals surface area contributed by atoms with Crippen LogP contribution in [0.3, 0.4) is 0 Å². The highest BCUT2D eigenvalue weighted by Crippen LogP contribution is 2.44. The molecule has 0 aliphatic rings. The summed E-state index contributed by atoms with van der Waals surface area (Å²) < 4.78 is 21.0. The molecule has 0 bridgehead atoms. The molecular formula is C17H22N2O3S. The summed E-state index contributed by atoms with van der Waals surface area (Å²) in [5.74, 6) is 1.37. The molecular weight excluding hydrogens is 312 g/mol. The van der Waals surface area contributed by atoms with E-state index in [9.17, 15) is 4.55 Å². The fourth-order valence-electron chi connectivity index (χ4n) is 1.96. The number of benzene rings is 2. The highest BCUT2D eigenvalue weighted by atomic mass is 32.3. The van der Waals surface area contributed by atoms with E-state index in [-0.39, 0.29) is 0 Å². The maximum Gasteiger partial charge on any atom is 0.123 e. The van der Waals surface area contributed by atoms with Crippen molar-refractivity contribution in [2.75, 3.05) is 20.5 Å². The van der Waals surface area contributed by atoms with Gasteiger partial charge in [0.1, 0.15) is 11.5 Å². The lowest BCUT2D eigenvalue weighted by Gasteiger charge is -2.28. The van der Waals surface area contributed by atoms with Gasteiger partial charge in [0, 0.05) is 22.8 Å². The van der Waals surface area contributed by atoms with Crippen LogP contribution >= 0.6 is 10.5 Å². The molecule has 0 saturated heterocycles. The molecule has 2 rings (SSSR count). The van der Waals surface area contributed by atoms with E-state index >= 15 is 0 Å². The van der Waals surface area contributed by atoms with Crippen LogP contribution in [-0.4, -0.2) is 31.2 Å². The van der Waals surface area contributed by atoms with E-state index in [4.69, 9.17) is 9.47 Å². The first kappa shape index (κ1) is 17.2. The second kappa shape index (κ2) is 7.39. The zero-order chi connectivity index (χ0) is 16.9. The maximum absolute atomic E-state index is 10.6. The van der Waals surface area contributed by atoms with Gasteiger partial charge in [-0.2, -0.15) is 5.10 Å². The smallest absolute Gasteiger partial charge is 0.123 e. The molecule has 1 unspecified atom stereocenters. The van der Waals surface area contributed by atoms with E-state index in [1.165, 1.54) is 0 Å². The lowest BCUT2D eigenvalue weighted by molar-refractivity contribution is 0.394. The van der Waals surface area contributed by atoms with Crippen LogP contribution in [0.4, 0.5) is 0 Å². The first-order valence-electron chi connectivity index (χ1n) is 7.05. The zero-order valence-corrected chi connectivity index (χ0v) is 14.6. The Bertz CT molecular complexity index is 662. The number of rotatable bonds is 6. The molecule has 0 radical (unpaired) electrons. The summed E-state index contributed by atoms with van der Waals surface area (Å²) in [6.45, 7) is 2.01. The SMILES string of the molecule is COc1cc(/C=N\NS(C)(O)c2ccc(C)cc2)cc(OC)c1. The van der Waals surface area contributed by atoms with Gasteiger partial charge in [-0.15, -0.1) is 0 Å². The summed E-state index contributed by atoms with van der Waals surface area (Å²) in [4.78, 5) is 3.67. The lowest BCUT2D eigenvalue weighted by atomic mass is 10.2. The van der Waals surface area contributed by atoms with Gasteiger partial charge in [0.25, 0.3) is 0 Å². The highest BCUT2D eigenvalue weighted by Gasteiger charge is 2.15. The van der Waals surface area contributed by atoms with Crippen molar-refractivity contribution < 1.29 is 14.0 Å². The minimum atomic E-state index is -2.19. The summed E-state index contributed by atoms with van der Waals surface area (Å²) in [7, 11) is 1.01. The van der Waals surface area contributed by atoms with Gasteiger partial charge < -0.3 is 14.0 Å². The van der Waals surface area contributed by atoms with Crippen LogP contribution in [0.15, 0.2) is 52.5 Å². The third kappa shape index (κ3) is 4.64. The normalized spacial score (nSPS) is 15.0. The first-order valence-corrected chi connectivity index (χ1v) is 9.05. The van der Waals surface area contributed by atoms with Crippen LogP contribution in [0.25, 0.3) is 0 Å². The summed E-state index contributed by atoms with van der Waals surface area (Å²) in [6, 6.07) is 13.2. The number of hydrogen-bond acceptors (Lipinski definition) is 5. The number of hydrazone groups is 1. The maximum atomic E-state index is 10.6. The van der Waals surface area contributed by atoms with Crippen molar-refractivity contribution >= 4 is 16.7 Å². The quantitative estimate of drug-likeness (QED) is 0.623. The molecule has 6 heteroatoms. The van der Waals surface area contributed by atoms with Crippen LogP contribution in [0, 0.1) is 6.92 Å². The Morgan fingerprint density at radius 1 is 1.04 bits per heavy atom. The molecule has 2 aromatic carbocycles. The predicted molar refractivity (Wildman–Crippen MR) is 95.9 cm³/mol. The van der Waals surface area contributed by atoms with Crippen molar-refractivity contribution in [2.45, 2.75) is 11.8 Å². The van der Waals surface area contributed by atoms with Crippen molar-refractivity contribution in [1.82, 2.24) is 4.83 Å². The van der Waals surface area contributed by atoms with Gasteiger partial charge in [0.05, 0.1) is 20.4 Å². The predicted octanol–water partition coefficient (Wildman–Crippen LogP) is 3.82. The van der Waals surface area contributed by atoms with Gasteiger partial charge in [0.15, 0.2) is 0 Å². The molecule has 2 N–H and O–H groups in total. The Morgan fingerprint density at radius 3 is 2.13 bits per heavy atom. The molecule has 0 amide bonds. The summed E-state index contributed by atoms with van der Waals surface area (Å²) in [5, 5.41) is 4.16. The van der Waals surface area contributed by atoms with Gasteiger partial charge in [-0.25, -0.2) is 4.83 Å². The Labute approximate surface area is 138 Å². The lowest BCUT2D eigenvalue weighted by Crippen LogP contribution is -2.14. The molecule has 2 aromatic rings. The Balaban J connectivity index is 2.12. The number of methoxy groups -OCH3 is 2. The standard InChI is InChI=1S/C17H22N2O3S/c1-13-5-7-17(8-6-13)23(4,20)19-18-12-14-9-15(21-2)11-16(10-14)22-3/h5-12,19-20H,1-4H3/b18-12-. The second-order valence-electron chi connectivity index (χ2n) is 5.18.